The zero-order valence-corrected chi connectivity index (χ0v) is 21.0. The van der Waals surface area contributed by atoms with E-state index < -0.39 is 35.5 Å². The third kappa shape index (κ3) is 4.86. The van der Waals surface area contributed by atoms with Crippen LogP contribution in [-0.2, 0) is 11.2 Å². The van der Waals surface area contributed by atoms with Gasteiger partial charge in [0.25, 0.3) is 0 Å². The lowest BCUT2D eigenvalue weighted by atomic mass is 9.82. The van der Waals surface area contributed by atoms with Crippen LogP contribution < -0.4 is 9.47 Å². The Bertz CT molecular complexity index is 1350. The number of benzene rings is 1. The average molecular weight is 510 g/mol. The first kappa shape index (κ1) is 25.0. The smallest absolute Gasteiger partial charge is 0.306 e. The standard InChI is InChI=1S/C28H29F2N3O4/c1-4-36-23-11-19(20(29)12-31-23)26-15(3)33-21(13-32-26)22-10-8-17-7-9-18(25(30)27(17)37-22)24(16-5-6-16)14(2)28(34)35/h7,9,11-14,16,22,24H,4-6,8,10H2,1-3H3,(H,34,35)/t14?,22-,24?/m1/s1. The van der Waals surface area contributed by atoms with Gasteiger partial charge in [0.1, 0.15) is 6.10 Å². The van der Waals surface area contributed by atoms with Gasteiger partial charge in [-0.15, -0.1) is 0 Å². The van der Waals surface area contributed by atoms with Gasteiger partial charge >= 0.3 is 5.97 Å². The van der Waals surface area contributed by atoms with E-state index >= 15 is 4.39 Å². The molecule has 0 bridgehead atoms. The van der Waals surface area contributed by atoms with Crippen LogP contribution in [0.3, 0.4) is 0 Å². The van der Waals surface area contributed by atoms with Crippen LogP contribution >= 0.6 is 0 Å². The van der Waals surface area contributed by atoms with Crippen LogP contribution in [0.15, 0.2) is 30.6 Å². The van der Waals surface area contributed by atoms with E-state index in [1.165, 1.54) is 12.3 Å². The van der Waals surface area contributed by atoms with E-state index in [4.69, 9.17) is 9.47 Å². The van der Waals surface area contributed by atoms with Crippen molar-refractivity contribution in [1.82, 2.24) is 15.0 Å². The van der Waals surface area contributed by atoms with E-state index in [9.17, 15) is 14.3 Å². The van der Waals surface area contributed by atoms with E-state index in [-0.39, 0.29) is 17.2 Å². The SMILES string of the molecule is CCOc1cc(-c2ncc([C@H]3CCc4ccc(C(C5CC5)C(C)C(=O)O)c(F)c4O3)nc2C)c(F)cn1. The van der Waals surface area contributed by atoms with Crippen molar-refractivity contribution in [2.24, 2.45) is 11.8 Å². The minimum Gasteiger partial charge on any atom is -0.481 e. The highest BCUT2D eigenvalue weighted by molar-refractivity contribution is 5.71. The molecule has 194 valence electrons. The number of aryl methyl sites for hydroxylation is 2. The van der Waals surface area contributed by atoms with Crippen LogP contribution in [0.5, 0.6) is 11.6 Å². The van der Waals surface area contributed by atoms with Crippen molar-refractivity contribution < 1.29 is 28.2 Å². The molecule has 3 atom stereocenters. The van der Waals surface area contributed by atoms with Crippen molar-refractivity contribution in [3.63, 3.8) is 0 Å². The third-order valence-corrected chi connectivity index (χ3v) is 7.23. The molecule has 5 rings (SSSR count). The summed E-state index contributed by atoms with van der Waals surface area (Å²) in [5, 5.41) is 9.60. The maximum atomic E-state index is 15.8. The van der Waals surface area contributed by atoms with E-state index in [0.29, 0.717) is 48.0 Å². The predicted octanol–water partition coefficient (Wildman–Crippen LogP) is 5.80. The molecule has 1 aliphatic heterocycles. The molecule has 7 nitrogen and oxygen atoms in total. The lowest BCUT2D eigenvalue weighted by Gasteiger charge is -2.29. The molecule has 3 aromatic rings. The van der Waals surface area contributed by atoms with Gasteiger partial charge in [-0.3, -0.25) is 14.8 Å². The molecule has 0 saturated heterocycles. The number of aromatic nitrogens is 3. The molecule has 0 spiro atoms. The summed E-state index contributed by atoms with van der Waals surface area (Å²) in [6.07, 6.45) is 5.04. The fourth-order valence-corrected chi connectivity index (χ4v) is 5.18. The highest BCUT2D eigenvalue weighted by Crippen LogP contribution is 2.49. The molecule has 2 aliphatic rings. The van der Waals surface area contributed by atoms with Crippen molar-refractivity contribution in [3.8, 4) is 22.9 Å². The van der Waals surface area contributed by atoms with Crippen molar-refractivity contribution in [2.75, 3.05) is 6.61 Å². The van der Waals surface area contributed by atoms with Gasteiger partial charge in [0.15, 0.2) is 17.4 Å². The molecule has 1 aliphatic carbocycles. The maximum absolute atomic E-state index is 15.8. The van der Waals surface area contributed by atoms with Crippen molar-refractivity contribution in [2.45, 2.75) is 58.5 Å². The van der Waals surface area contributed by atoms with Gasteiger partial charge in [0.2, 0.25) is 5.88 Å². The lowest BCUT2D eigenvalue weighted by Crippen LogP contribution is -2.23. The number of ether oxygens (including phenoxy) is 2. The minimum absolute atomic E-state index is 0.155. The highest BCUT2D eigenvalue weighted by atomic mass is 19.1. The number of pyridine rings is 1. The number of hydrogen-bond acceptors (Lipinski definition) is 6. The van der Waals surface area contributed by atoms with E-state index in [0.717, 1.165) is 24.6 Å². The quantitative estimate of drug-likeness (QED) is 0.410. The zero-order chi connectivity index (χ0) is 26.3. The van der Waals surface area contributed by atoms with Gasteiger partial charge in [-0.05, 0) is 56.6 Å². The number of aliphatic carboxylic acids is 1. The Kier molecular flexibility index (Phi) is 6.79. The number of halogens is 2. The van der Waals surface area contributed by atoms with E-state index in [1.807, 2.05) is 13.0 Å². The molecule has 9 heteroatoms. The predicted molar refractivity (Wildman–Crippen MR) is 131 cm³/mol. The fraction of sp³-hybridized carbons (Fsp3) is 0.429. The molecular weight excluding hydrogens is 480 g/mol. The molecule has 0 amide bonds. The second kappa shape index (κ2) is 10.0. The highest BCUT2D eigenvalue weighted by Gasteiger charge is 2.41. The largest absolute Gasteiger partial charge is 0.481 e. The maximum Gasteiger partial charge on any atom is 0.306 e. The summed E-state index contributed by atoms with van der Waals surface area (Å²) in [6, 6.07) is 5.06. The summed E-state index contributed by atoms with van der Waals surface area (Å²) in [7, 11) is 0. The van der Waals surface area contributed by atoms with Crippen LogP contribution in [0.2, 0.25) is 0 Å². The van der Waals surface area contributed by atoms with Crippen molar-refractivity contribution >= 4 is 5.97 Å². The second-order valence-corrected chi connectivity index (χ2v) is 9.76. The Labute approximate surface area is 213 Å². The molecule has 37 heavy (non-hydrogen) atoms. The summed E-state index contributed by atoms with van der Waals surface area (Å²) in [6.45, 7) is 5.58. The Hall–Kier alpha value is -3.62. The van der Waals surface area contributed by atoms with Crippen LogP contribution in [0, 0.1) is 30.4 Å². The van der Waals surface area contributed by atoms with Crippen molar-refractivity contribution in [1.29, 1.82) is 0 Å². The van der Waals surface area contributed by atoms with Crippen LogP contribution in [0.4, 0.5) is 8.78 Å². The molecule has 1 N–H and O–H groups in total. The monoisotopic (exact) mass is 509 g/mol. The summed E-state index contributed by atoms with van der Waals surface area (Å²) < 4.78 is 41.8. The van der Waals surface area contributed by atoms with E-state index in [1.54, 1.807) is 19.9 Å². The molecule has 1 fully saturated rings. The third-order valence-electron chi connectivity index (χ3n) is 7.23. The molecule has 0 radical (unpaired) electrons. The second-order valence-electron chi connectivity index (χ2n) is 9.76. The Morgan fingerprint density at radius 2 is 2.00 bits per heavy atom. The molecular formula is C28H29F2N3O4. The topological polar surface area (TPSA) is 94.4 Å². The van der Waals surface area contributed by atoms with Gasteiger partial charge in [0, 0.05) is 17.5 Å². The number of carbonyl (C=O) groups is 1. The summed E-state index contributed by atoms with van der Waals surface area (Å²) >= 11 is 0. The summed E-state index contributed by atoms with van der Waals surface area (Å²) in [5.41, 5.74) is 2.77. The number of nitrogens with zero attached hydrogens (tertiary/aromatic N) is 3. The Morgan fingerprint density at radius 1 is 1.22 bits per heavy atom. The first-order valence-electron chi connectivity index (χ1n) is 12.6. The van der Waals surface area contributed by atoms with Crippen LogP contribution in [-0.4, -0.2) is 32.6 Å². The van der Waals surface area contributed by atoms with Crippen LogP contribution in [0.1, 0.15) is 67.6 Å². The molecule has 2 unspecified atom stereocenters. The molecule has 3 heterocycles. The van der Waals surface area contributed by atoms with Crippen molar-refractivity contribution in [3.05, 3.63) is 64.7 Å². The Balaban J connectivity index is 1.43. The summed E-state index contributed by atoms with van der Waals surface area (Å²) in [5.74, 6) is -2.44. The summed E-state index contributed by atoms with van der Waals surface area (Å²) in [4.78, 5) is 24.7. The van der Waals surface area contributed by atoms with Crippen LogP contribution in [0.25, 0.3) is 11.3 Å². The van der Waals surface area contributed by atoms with Gasteiger partial charge in [-0.25, -0.2) is 13.8 Å². The molecule has 1 aromatic carbocycles. The first-order chi connectivity index (χ1) is 17.8. The lowest BCUT2D eigenvalue weighted by molar-refractivity contribution is -0.142. The number of hydrogen-bond donors (Lipinski definition) is 1. The van der Waals surface area contributed by atoms with Gasteiger partial charge in [-0.2, -0.15) is 0 Å². The number of rotatable bonds is 8. The fourth-order valence-electron chi connectivity index (χ4n) is 5.18. The number of carboxylic acid groups (broad SMARTS) is 1. The molecule has 1 saturated carbocycles. The number of fused-ring (bicyclic) bond motifs is 1. The van der Waals surface area contributed by atoms with Gasteiger partial charge in [0.05, 0.1) is 42.0 Å². The van der Waals surface area contributed by atoms with Gasteiger partial charge in [-0.1, -0.05) is 19.1 Å². The van der Waals surface area contributed by atoms with E-state index in [2.05, 4.69) is 15.0 Å². The zero-order valence-electron chi connectivity index (χ0n) is 21.0. The minimum atomic E-state index is -0.933. The normalized spacial score (nSPS) is 18.5. The average Bonchev–Trinajstić information content (AvgIpc) is 3.72. The van der Waals surface area contributed by atoms with Gasteiger partial charge < -0.3 is 14.6 Å². The number of carboxylic acids is 1. The Morgan fingerprint density at radius 3 is 2.68 bits per heavy atom. The first-order valence-corrected chi connectivity index (χ1v) is 12.6. The molecule has 2 aromatic heterocycles.